The van der Waals surface area contributed by atoms with Crippen molar-refractivity contribution in [2.24, 2.45) is 0 Å². The summed E-state index contributed by atoms with van der Waals surface area (Å²) >= 11 is 0. The average molecular weight is 408 g/mol. The Labute approximate surface area is 178 Å². The van der Waals surface area contributed by atoms with Crippen molar-refractivity contribution in [3.63, 3.8) is 0 Å². The van der Waals surface area contributed by atoms with Crippen LogP contribution in [0.5, 0.6) is 17.2 Å². The smallest absolute Gasteiger partial charge is 0.119 e. The van der Waals surface area contributed by atoms with Crippen molar-refractivity contribution in [1.82, 2.24) is 4.90 Å². The molecule has 0 aliphatic carbocycles. The molecular formula is C25H29NO4. The second kappa shape index (κ2) is 11.2. The average Bonchev–Trinajstić information content (AvgIpc) is 2.79. The predicted octanol–water partition coefficient (Wildman–Crippen LogP) is 4.15. The summed E-state index contributed by atoms with van der Waals surface area (Å²) in [6.07, 6.45) is -0.624. The number of benzene rings is 3. The van der Waals surface area contributed by atoms with E-state index >= 15 is 0 Å². The summed E-state index contributed by atoms with van der Waals surface area (Å²) in [6, 6.07) is 25.6. The van der Waals surface area contributed by atoms with Gasteiger partial charge < -0.3 is 19.3 Å². The third kappa shape index (κ3) is 6.79. The Morgan fingerprint density at radius 2 is 1.37 bits per heavy atom. The van der Waals surface area contributed by atoms with Crippen molar-refractivity contribution in [1.29, 1.82) is 0 Å². The monoisotopic (exact) mass is 407 g/mol. The molecule has 5 nitrogen and oxygen atoms in total. The first kappa shape index (κ1) is 21.7. The molecule has 0 saturated heterocycles. The second-order valence-electron chi connectivity index (χ2n) is 7.15. The Morgan fingerprint density at radius 3 is 2.07 bits per heavy atom. The van der Waals surface area contributed by atoms with E-state index in [1.807, 2.05) is 60.7 Å². The van der Waals surface area contributed by atoms with Gasteiger partial charge in [-0.15, -0.1) is 0 Å². The van der Waals surface area contributed by atoms with E-state index in [2.05, 4.69) is 23.1 Å². The van der Waals surface area contributed by atoms with Crippen LogP contribution in [0.25, 0.3) is 0 Å². The fourth-order valence-electron chi connectivity index (χ4n) is 3.27. The minimum Gasteiger partial charge on any atom is -0.497 e. The zero-order valence-corrected chi connectivity index (χ0v) is 17.5. The lowest BCUT2D eigenvalue weighted by Crippen LogP contribution is -2.35. The molecule has 1 atom stereocenters. The Hall–Kier alpha value is -3.02. The van der Waals surface area contributed by atoms with Crippen LogP contribution in [0.2, 0.25) is 0 Å². The van der Waals surface area contributed by atoms with E-state index in [0.29, 0.717) is 18.8 Å². The lowest BCUT2D eigenvalue weighted by atomic mass is 10.1. The number of ether oxygens (including phenoxy) is 3. The van der Waals surface area contributed by atoms with Gasteiger partial charge in [0, 0.05) is 19.6 Å². The summed E-state index contributed by atoms with van der Waals surface area (Å²) in [5.41, 5.74) is 2.33. The van der Waals surface area contributed by atoms with Gasteiger partial charge in [0.25, 0.3) is 0 Å². The number of hydrogen-bond acceptors (Lipinski definition) is 5. The summed E-state index contributed by atoms with van der Waals surface area (Å²) in [6.45, 7) is 2.14. The normalized spacial score (nSPS) is 11.9. The van der Waals surface area contributed by atoms with E-state index in [9.17, 15) is 5.11 Å². The quantitative estimate of drug-likeness (QED) is 0.518. The van der Waals surface area contributed by atoms with Crippen molar-refractivity contribution < 1.29 is 19.3 Å². The SMILES string of the molecule is COc1ccc(OC[C@H](O)CN(Cc2ccccc2)Cc2cccc(OC)c2)cc1. The molecule has 0 unspecified atom stereocenters. The fraction of sp³-hybridized carbons (Fsp3) is 0.280. The third-order valence-electron chi connectivity index (χ3n) is 4.76. The molecule has 0 fully saturated rings. The highest BCUT2D eigenvalue weighted by Crippen LogP contribution is 2.18. The highest BCUT2D eigenvalue weighted by atomic mass is 16.5. The van der Waals surface area contributed by atoms with Gasteiger partial charge >= 0.3 is 0 Å². The number of aliphatic hydroxyl groups excluding tert-OH is 1. The number of aliphatic hydroxyl groups is 1. The lowest BCUT2D eigenvalue weighted by molar-refractivity contribution is 0.0628. The third-order valence-corrected chi connectivity index (χ3v) is 4.76. The Kier molecular flexibility index (Phi) is 8.12. The molecular weight excluding hydrogens is 378 g/mol. The molecule has 0 amide bonds. The molecule has 3 aromatic carbocycles. The molecule has 1 N–H and O–H groups in total. The molecule has 3 rings (SSSR count). The van der Waals surface area contributed by atoms with Crippen LogP contribution >= 0.6 is 0 Å². The van der Waals surface area contributed by atoms with Gasteiger partial charge in [0.05, 0.1) is 14.2 Å². The zero-order valence-electron chi connectivity index (χ0n) is 17.5. The van der Waals surface area contributed by atoms with E-state index in [4.69, 9.17) is 14.2 Å². The summed E-state index contributed by atoms with van der Waals surface area (Å²) < 4.78 is 16.3. The van der Waals surface area contributed by atoms with Crippen LogP contribution in [-0.4, -0.2) is 43.5 Å². The van der Waals surface area contributed by atoms with Crippen LogP contribution in [0.3, 0.4) is 0 Å². The Bertz CT molecular complexity index is 883. The number of methoxy groups -OCH3 is 2. The number of hydrogen-bond donors (Lipinski definition) is 1. The molecule has 3 aromatic rings. The first-order chi connectivity index (χ1) is 14.7. The Balaban J connectivity index is 1.62. The van der Waals surface area contributed by atoms with Crippen molar-refractivity contribution in [2.45, 2.75) is 19.2 Å². The van der Waals surface area contributed by atoms with E-state index < -0.39 is 6.10 Å². The van der Waals surface area contributed by atoms with Crippen molar-refractivity contribution in [2.75, 3.05) is 27.4 Å². The van der Waals surface area contributed by atoms with E-state index in [-0.39, 0.29) is 6.61 Å². The zero-order chi connectivity index (χ0) is 21.2. The van der Waals surface area contributed by atoms with E-state index in [0.717, 1.165) is 23.6 Å². The van der Waals surface area contributed by atoms with Crippen LogP contribution in [0.4, 0.5) is 0 Å². The van der Waals surface area contributed by atoms with Gasteiger partial charge in [0.1, 0.15) is 30.0 Å². The molecule has 0 saturated carbocycles. The molecule has 158 valence electrons. The van der Waals surface area contributed by atoms with Crippen LogP contribution < -0.4 is 14.2 Å². The molecule has 5 heteroatoms. The van der Waals surface area contributed by atoms with Crippen molar-refractivity contribution >= 4 is 0 Å². The molecule has 30 heavy (non-hydrogen) atoms. The van der Waals surface area contributed by atoms with Gasteiger partial charge in [-0.05, 0) is 47.5 Å². The van der Waals surface area contributed by atoms with Gasteiger partial charge in [-0.3, -0.25) is 4.90 Å². The predicted molar refractivity (Wildman–Crippen MR) is 118 cm³/mol. The molecule has 0 heterocycles. The van der Waals surface area contributed by atoms with Crippen molar-refractivity contribution in [3.05, 3.63) is 90.0 Å². The standard InChI is InChI=1S/C25H29NO4/c1-28-23-11-13-24(14-12-23)30-19-22(27)18-26(16-20-7-4-3-5-8-20)17-21-9-6-10-25(15-21)29-2/h3-15,22,27H,16-19H2,1-2H3/t22-/m1/s1. The molecule has 0 aromatic heterocycles. The van der Waals surface area contributed by atoms with Crippen LogP contribution in [0.1, 0.15) is 11.1 Å². The minimum absolute atomic E-state index is 0.218. The first-order valence-electron chi connectivity index (χ1n) is 10.0. The van der Waals surface area contributed by atoms with Gasteiger partial charge in [-0.25, -0.2) is 0 Å². The van der Waals surface area contributed by atoms with Crippen LogP contribution in [0.15, 0.2) is 78.9 Å². The lowest BCUT2D eigenvalue weighted by Gasteiger charge is -2.25. The van der Waals surface area contributed by atoms with Crippen molar-refractivity contribution in [3.8, 4) is 17.2 Å². The van der Waals surface area contributed by atoms with E-state index in [1.165, 1.54) is 5.56 Å². The maximum absolute atomic E-state index is 10.6. The summed E-state index contributed by atoms with van der Waals surface area (Å²) in [5.74, 6) is 2.31. The molecule has 0 radical (unpaired) electrons. The summed E-state index contributed by atoms with van der Waals surface area (Å²) in [4.78, 5) is 2.21. The topological polar surface area (TPSA) is 51.2 Å². The first-order valence-corrected chi connectivity index (χ1v) is 10.0. The maximum Gasteiger partial charge on any atom is 0.119 e. The maximum atomic E-state index is 10.6. The summed E-state index contributed by atoms with van der Waals surface area (Å²) in [5, 5.41) is 10.6. The van der Waals surface area contributed by atoms with Crippen LogP contribution in [0, 0.1) is 0 Å². The van der Waals surface area contributed by atoms with Gasteiger partial charge in [-0.2, -0.15) is 0 Å². The van der Waals surface area contributed by atoms with Gasteiger partial charge in [0.2, 0.25) is 0 Å². The van der Waals surface area contributed by atoms with E-state index in [1.54, 1.807) is 14.2 Å². The molecule has 0 aliphatic rings. The highest BCUT2D eigenvalue weighted by Gasteiger charge is 2.14. The molecule has 0 spiro atoms. The largest absolute Gasteiger partial charge is 0.497 e. The summed E-state index contributed by atoms with van der Waals surface area (Å²) in [7, 11) is 3.30. The van der Waals surface area contributed by atoms with Gasteiger partial charge in [-0.1, -0.05) is 42.5 Å². The fourth-order valence-corrected chi connectivity index (χ4v) is 3.27. The van der Waals surface area contributed by atoms with Crippen LogP contribution in [-0.2, 0) is 13.1 Å². The highest BCUT2D eigenvalue weighted by molar-refractivity contribution is 5.31. The number of rotatable bonds is 11. The molecule has 0 bridgehead atoms. The number of nitrogens with zero attached hydrogens (tertiary/aromatic N) is 1. The van der Waals surface area contributed by atoms with Gasteiger partial charge in [0.15, 0.2) is 0 Å². The molecule has 0 aliphatic heterocycles. The minimum atomic E-state index is -0.624. The Morgan fingerprint density at radius 1 is 0.733 bits per heavy atom. The second-order valence-corrected chi connectivity index (χ2v) is 7.15.